The molecule has 0 bridgehead atoms. The van der Waals surface area contributed by atoms with E-state index in [-0.39, 0.29) is 5.91 Å². The highest BCUT2D eigenvalue weighted by molar-refractivity contribution is 6.04. The van der Waals surface area contributed by atoms with Gasteiger partial charge in [-0.05, 0) is 74.5 Å². The molecule has 0 saturated carbocycles. The van der Waals surface area contributed by atoms with E-state index in [0.717, 1.165) is 17.2 Å². The molecule has 5 heteroatoms. The molecule has 0 radical (unpaired) electrons. The molecule has 1 aromatic heterocycles. The van der Waals surface area contributed by atoms with Crippen LogP contribution in [-0.4, -0.2) is 17.5 Å². The smallest absolute Gasteiger partial charge is 0.257 e. The first-order valence-corrected chi connectivity index (χ1v) is 8.39. The van der Waals surface area contributed by atoms with Crippen LogP contribution < -0.4 is 14.8 Å². The van der Waals surface area contributed by atoms with Crippen LogP contribution in [0.15, 0.2) is 66.9 Å². The number of hydrogen-bond acceptors (Lipinski definition) is 4. The molecular formula is C21H20N2O3. The summed E-state index contributed by atoms with van der Waals surface area (Å²) in [5.74, 6) is 2.02. The number of nitrogens with zero attached hydrogens (tertiary/aromatic N) is 1. The summed E-state index contributed by atoms with van der Waals surface area (Å²) in [6.07, 6.45) is 1.56. The molecule has 1 N–H and O–H groups in total. The highest BCUT2D eigenvalue weighted by Crippen LogP contribution is 2.25. The van der Waals surface area contributed by atoms with Gasteiger partial charge in [-0.15, -0.1) is 0 Å². The third-order valence-corrected chi connectivity index (χ3v) is 3.66. The van der Waals surface area contributed by atoms with Crippen LogP contribution in [0.2, 0.25) is 0 Å². The summed E-state index contributed by atoms with van der Waals surface area (Å²) in [6.45, 7) is 4.46. The Morgan fingerprint density at radius 3 is 2.12 bits per heavy atom. The fourth-order valence-corrected chi connectivity index (χ4v) is 2.32. The minimum Gasteiger partial charge on any atom is -0.494 e. The summed E-state index contributed by atoms with van der Waals surface area (Å²) in [7, 11) is 0. The van der Waals surface area contributed by atoms with Crippen molar-refractivity contribution in [1.82, 2.24) is 4.98 Å². The fourth-order valence-electron chi connectivity index (χ4n) is 2.32. The average molecular weight is 348 g/mol. The zero-order valence-corrected chi connectivity index (χ0v) is 14.7. The summed E-state index contributed by atoms with van der Waals surface area (Å²) in [4.78, 5) is 16.3. The Bertz CT molecular complexity index is 857. The molecule has 3 rings (SSSR count). The van der Waals surface area contributed by atoms with Gasteiger partial charge in [0.1, 0.15) is 17.2 Å². The van der Waals surface area contributed by atoms with Crippen molar-refractivity contribution < 1.29 is 14.3 Å². The molecule has 2 aromatic carbocycles. The fraction of sp³-hybridized carbons (Fsp3) is 0.143. The molecule has 132 valence electrons. The third kappa shape index (κ3) is 4.60. The molecule has 26 heavy (non-hydrogen) atoms. The number of pyridine rings is 1. The van der Waals surface area contributed by atoms with Gasteiger partial charge in [0.05, 0.1) is 12.2 Å². The molecule has 0 atom stereocenters. The van der Waals surface area contributed by atoms with Crippen molar-refractivity contribution in [2.24, 2.45) is 0 Å². The van der Waals surface area contributed by atoms with Gasteiger partial charge in [0, 0.05) is 17.6 Å². The second-order valence-corrected chi connectivity index (χ2v) is 5.67. The van der Waals surface area contributed by atoms with E-state index in [1.165, 1.54) is 0 Å². The van der Waals surface area contributed by atoms with Gasteiger partial charge in [-0.1, -0.05) is 0 Å². The van der Waals surface area contributed by atoms with E-state index in [1.54, 1.807) is 36.5 Å². The summed E-state index contributed by atoms with van der Waals surface area (Å²) in [6, 6.07) is 18.2. The van der Waals surface area contributed by atoms with E-state index in [1.807, 2.05) is 44.2 Å². The van der Waals surface area contributed by atoms with E-state index in [2.05, 4.69) is 10.3 Å². The van der Waals surface area contributed by atoms with Crippen molar-refractivity contribution in [3.8, 4) is 17.2 Å². The topological polar surface area (TPSA) is 60.5 Å². The van der Waals surface area contributed by atoms with E-state index < -0.39 is 0 Å². The largest absolute Gasteiger partial charge is 0.494 e. The van der Waals surface area contributed by atoms with Crippen molar-refractivity contribution in [3.63, 3.8) is 0 Å². The number of ether oxygens (including phenoxy) is 2. The zero-order chi connectivity index (χ0) is 18.4. The molecule has 0 aliphatic heterocycles. The monoisotopic (exact) mass is 348 g/mol. The van der Waals surface area contributed by atoms with Gasteiger partial charge in [-0.2, -0.15) is 0 Å². The first-order chi connectivity index (χ1) is 12.6. The summed E-state index contributed by atoms with van der Waals surface area (Å²) in [5, 5.41) is 2.84. The summed E-state index contributed by atoms with van der Waals surface area (Å²) >= 11 is 0. The first kappa shape index (κ1) is 17.5. The summed E-state index contributed by atoms with van der Waals surface area (Å²) < 4.78 is 11.2. The minimum atomic E-state index is -0.197. The number of rotatable bonds is 6. The molecule has 0 fully saturated rings. The molecule has 1 amide bonds. The molecule has 0 aliphatic carbocycles. The highest BCUT2D eigenvalue weighted by Gasteiger charge is 2.06. The molecule has 0 spiro atoms. The van der Waals surface area contributed by atoms with Gasteiger partial charge < -0.3 is 14.8 Å². The van der Waals surface area contributed by atoms with Crippen molar-refractivity contribution in [3.05, 3.63) is 78.1 Å². The number of nitrogens with one attached hydrogen (secondary N) is 1. The van der Waals surface area contributed by atoms with Gasteiger partial charge in [0.2, 0.25) is 0 Å². The van der Waals surface area contributed by atoms with Gasteiger partial charge in [0.25, 0.3) is 5.91 Å². The number of aromatic nitrogens is 1. The lowest BCUT2D eigenvalue weighted by Gasteiger charge is -2.09. The van der Waals surface area contributed by atoms with E-state index >= 15 is 0 Å². The number of hydrogen-bond donors (Lipinski definition) is 1. The first-order valence-electron chi connectivity index (χ1n) is 8.39. The quantitative estimate of drug-likeness (QED) is 0.693. The minimum absolute atomic E-state index is 0.197. The maximum absolute atomic E-state index is 12.2. The number of amides is 1. The van der Waals surface area contributed by atoms with Crippen LogP contribution >= 0.6 is 0 Å². The lowest BCUT2D eigenvalue weighted by molar-refractivity contribution is 0.102. The number of carbonyl (C=O) groups excluding carboxylic acids is 1. The molecule has 3 aromatic rings. The molecule has 5 nitrogen and oxygen atoms in total. The number of carbonyl (C=O) groups is 1. The lowest BCUT2D eigenvalue weighted by Crippen LogP contribution is -2.12. The summed E-state index contributed by atoms with van der Waals surface area (Å²) in [5.41, 5.74) is 2.08. The Balaban J connectivity index is 1.61. The average Bonchev–Trinajstić information content (AvgIpc) is 2.66. The maximum Gasteiger partial charge on any atom is 0.257 e. The zero-order valence-electron chi connectivity index (χ0n) is 14.7. The van der Waals surface area contributed by atoms with Gasteiger partial charge in [-0.25, -0.2) is 0 Å². The van der Waals surface area contributed by atoms with Crippen molar-refractivity contribution >= 4 is 11.6 Å². The second-order valence-electron chi connectivity index (χ2n) is 5.67. The molecule has 0 aliphatic rings. The van der Waals surface area contributed by atoms with Crippen molar-refractivity contribution in [1.29, 1.82) is 0 Å². The van der Waals surface area contributed by atoms with Crippen LogP contribution in [-0.2, 0) is 0 Å². The molecular weight excluding hydrogens is 328 g/mol. The number of benzene rings is 2. The highest BCUT2D eigenvalue weighted by atomic mass is 16.5. The SMILES string of the molecule is CCOc1ccc(Oc2ccc(NC(=O)c3ccc(C)nc3)cc2)cc1. The Labute approximate surface area is 152 Å². The van der Waals surface area contributed by atoms with E-state index in [4.69, 9.17) is 9.47 Å². The lowest BCUT2D eigenvalue weighted by atomic mass is 10.2. The van der Waals surface area contributed by atoms with Crippen LogP contribution in [0.4, 0.5) is 5.69 Å². The Morgan fingerprint density at radius 1 is 0.923 bits per heavy atom. The van der Waals surface area contributed by atoms with Crippen LogP contribution in [0.3, 0.4) is 0 Å². The normalized spacial score (nSPS) is 10.2. The maximum atomic E-state index is 12.2. The Hall–Kier alpha value is -3.34. The van der Waals surface area contributed by atoms with Gasteiger partial charge in [-0.3, -0.25) is 9.78 Å². The van der Waals surface area contributed by atoms with Gasteiger partial charge >= 0.3 is 0 Å². The number of aryl methyl sites for hydroxylation is 1. The Morgan fingerprint density at radius 2 is 1.54 bits per heavy atom. The van der Waals surface area contributed by atoms with Crippen LogP contribution in [0, 0.1) is 6.92 Å². The van der Waals surface area contributed by atoms with Crippen LogP contribution in [0.1, 0.15) is 23.0 Å². The Kier molecular flexibility index (Phi) is 5.49. The predicted octanol–water partition coefficient (Wildman–Crippen LogP) is 4.83. The van der Waals surface area contributed by atoms with Crippen LogP contribution in [0.25, 0.3) is 0 Å². The molecule has 0 unspecified atom stereocenters. The van der Waals surface area contributed by atoms with Crippen molar-refractivity contribution in [2.75, 3.05) is 11.9 Å². The standard InChI is InChI=1S/C21H20N2O3/c1-3-25-18-10-12-20(13-11-18)26-19-8-6-17(7-9-19)23-21(24)16-5-4-15(2)22-14-16/h4-14H,3H2,1-2H3,(H,23,24). The van der Waals surface area contributed by atoms with Gasteiger partial charge in [0.15, 0.2) is 0 Å². The molecule has 1 heterocycles. The van der Waals surface area contributed by atoms with E-state index in [9.17, 15) is 4.79 Å². The second kappa shape index (κ2) is 8.16. The molecule has 0 saturated heterocycles. The van der Waals surface area contributed by atoms with Crippen LogP contribution in [0.5, 0.6) is 17.2 Å². The third-order valence-electron chi connectivity index (χ3n) is 3.66. The van der Waals surface area contributed by atoms with Crippen molar-refractivity contribution in [2.45, 2.75) is 13.8 Å². The number of anilines is 1. The predicted molar refractivity (Wildman–Crippen MR) is 101 cm³/mol. The van der Waals surface area contributed by atoms with E-state index in [0.29, 0.717) is 23.6 Å².